The minimum Gasteiger partial charge on any atom is -0.469 e. The highest BCUT2D eigenvalue weighted by Crippen LogP contribution is 2.27. The van der Waals surface area contributed by atoms with E-state index < -0.39 is 0 Å². The lowest BCUT2D eigenvalue weighted by Crippen LogP contribution is -2.18. The van der Waals surface area contributed by atoms with Gasteiger partial charge in [-0.05, 0) is 50.6 Å². The summed E-state index contributed by atoms with van der Waals surface area (Å²) in [6, 6.07) is 8.71. The number of hydrogen-bond donors (Lipinski definition) is 1. The van der Waals surface area contributed by atoms with E-state index in [4.69, 9.17) is 4.42 Å². The Balaban J connectivity index is 2.45. The zero-order valence-electron chi connectivity index (χ0n) is 10.9. The SMILES string of the molecule is CNC(c1coc(C)c1)c1cccc(C)c1C. The molecule has 0 bridgehead atoms. The lowest BCUT2D eigenvalue weighted by atomic mass is 9.94. The van der Waals surface area contributed by atoms with Gasteiger partial charge in [-0.15, -0.1) is 0 Å². The van der Waals surface area contributed by atoms with Crippen molar-refractivity contribution in [3.05, 3.63) is 58.5 Å². The van der Waals surface area contributed by atoms with Crippen LogP contribution >= 0.6 is 0 Å². The van der Waals surface area contributed by atoms with Gasteiger partial charge in [-0.25, -0.2) is 0 Å². The van der Waals surface area contributed by atoms with Crippen LogP contribution in [-0.4, -0.2) is 7.05 Å². The molecule has 1 N–H and O–H groups in total. The van der Waals surface area contributed by atoms with E-state index in [-0.39, 0.29) is 6.04 Å². The first-order chi connectivity index (χ1) is 8.13. The summed E-state index contributed by atoms with van der Waals surface area (Å²) in [7, 11) is 1.98. The molecule has 1 aromatic carbocycles. The molecular formula is C15H19NO. The molecule has 1 atom stereocenters. The maximum atomic E-state index is 5.40. The van der Waals surface area contributed by atoms with Gasteiger partial charge in [0.25, 0.3) is 0 Å². The summed E-state index contributed by atoms with van der Waals surface area (Å²) >= 11 is 0. The van der Waals surface area contributed by atoms with E-state index in [0.29, 0.717) is 0 Å². The fourth-order valence-corrected chi connectivity index (χ4v) is 2.20. The number of rotatable bonds is 3. The van der Waals surface area contributed by atoms with Crippen molar-refractivity contribution < 1.29 is 4.42 Å². The third-order valence-corrected chi connectivity index (χ3v) is 3.33. The van der Waals surface area contributed by atoms with Crippen molar-refractivity contribution in [1.29, 1.82) is 0 Å². The van der Waals surface area contributed by atoms with Crippen LogP contribution in [0.4, 0.5) is 0 Å². The molecule has 1 aromatic heterocycles. The Kier molecular flexibility index (Phi) is 3.34. The number of aryl methyl sites for hydroxylation is 2. The van der Waals surface area contributed by atoms with Gasteiger partial charge in [-0.3, -0.25) is 0 Å². The van der Waals surface area contributed by atoms with Crippen LogP contribution < -0.4 is 5.32 Å². The van der Waals surface area contributed by atoms with E-state index >= 15 is 0 Å². The van der Waals surface area contributed by atoms with Crippen molar-refractivity contribution in [3.63, 3.8) is 0 Å². The Morgan fingerprint density at radius 1 is 1.18 bits per heavy atom. The Bertz CT molecular complexity index is 513. The van der Waals surface area contributed by atoms with Crippen LogP contribution in [0.5, 0.6) is 0 Å². The van der Waals surface area contributed by atoms with Crippen molar-refractivity contribution in [1.82, 2.24) is 5.32 Å². The van der Waals surface area contributed by atoms with Gasteiger partial charge in [0.15, 0.2) is 0 Å². The molecule has 1 heterocycles. The molecule has 2 aromatic rings. The van der Waals surface area contributed by atoms with Crippen LogP contribution in [0.2, 0.25) is 0 Å². The average Bonchev–Trinajstić information content (AvgIpc) is 2.72. The molecule has 17 heavy (non-hydrogen) atoms. The van der Waals surface area contributed by atoms with Crippen LogP contribution in [0.15, 0.2) is 34.9 Å². The predicted molar refractivity (Wildman–Crippen MR) is 70.3 cm³/mol. The smallest absolute Gasteiger partial charge is 0.101 e. The summed E-state index contributed by atoms with van der Waals surface area (Å²) in [5, 5.41) is 3.36. The van der Waals surface area contributed by atoms with Crippen LogP contribution in [-0.2, 0) is 0 Å². The first kappa shape index (κ1) is 11.9. The van der Waals surface area contributed by atoms with Gasteiger partial charge in [-0.1, -0.05) is 18.2 Å². The first-order valence-electron chi connectivity index (χ1n) is 5.92. The Morgan fingerprint density at radius 3 is 2.53 bits per heavy atom. The van der Waals surface area contributed by atoms with Crippen molar-refractivity contribution in [3.8, 4) is 0 Å². The Morgan fingerprint density at radius 2 is 1.94 bits per heavy atom. The van der Waals surface area contributed by atoms with E-state index in [1.54, 1.807) is 0 Å². The van der Waals surface area contributed by atoms with E-state index in [0.717, 1.165) is 5.76 Å². The normalized spacial score (nSPS) is 12.7. The van der Waals surface area contributed by atoms with Crippen LogP contribution in [0.25, 0.3) is 0 Å². The number of furan rings is 1. The molecule has 0 aliphatic carbocycles. The quantitative estimate of drug-likeness (QED) is 0.871. The second-order valence-electron chi connectivity index (χ2n) is 4.50. The third kappa shape index (κ3) is 2.27. The van der Waals surface area contributed by atoms with Crippen molar-refractivity contribution in [2.75, 3.05) is 7.05 Å². The van der Waals surface area contributed by atoms with Crippen LogP contribution in [0, 0.1) is 20.8 Å². The molecule has 1 unspecified atom stereocenters. The molecular weight excluding hydrogens is 210 g/mol. The van der Waals surface area contributed by atoms with Gasteiger partial charge < -0.3 is 9.73 Å². The predicted octanol–water partition coefficient (Wildman–Crippen LogP) is 3.51. The molecule has 90 valence electrons. The second-order valence-corrected chi connectivity index (χ2v) is 4.50. The molecule has 0 saturated heterocycles. The number of nitrogens with one attached hydrogen (secondary N) is 1. The molecule has 0 fully saturated rings. The number of benzene rings is 1. The summed E-state index contributed by atoms with van der Waals surface area (Å²) in [5.74, 6) is 0.950. The van der Waals surface area contributed by atoms with Gasteiger partial charge >= 0.3 is 0 Å². The maximum Gasteiger partial charge on any atom is 0.101 e. The van der Waals surface area contributed by atoms with Crippen molar-refractivity contribution in [2.24, 2.45) is 0 Å². The molecule has 0 aliphatic heterocycles. The standard InChI is InChI=1S/C15H19NO/c1-10-6-5-7-14(12(10)3)15(16-4)13-8-11(2)17-9-13/h5-9,15-16H,1-4H3. The lowest BCUT2D eigenvalue weighted by molar-refractivity contribution is 0.527. The maximum absolute atomic E-state index is 5.40. The van der Waals surface area contributed by atoms with Crippen LogP contribution in [0.3, 0.4) is 0 Å². The zero-order valence-corrected chi connectivity index (χ0v) is 10.9. The monoisotopic (exact) mass is 229 g/mol. The molecule has 0 amide bonds. The molecule has 0 radical (unpaired) electrons. The topological polar surface area (TPSA) is 25.2 Å². The van der Waals surface area contributed by atoms with Gasteiger partial charge in [0.1, 0.15) is 5.76 Å². The Hall–Kier alpha value is -1.54. The molecule has 2 rings (SSSR count). The lowest BCUT2D eigenvalue weighted by Gasteiger charge is -2.18. The summed E-state index contributed by atoms with van der Waals surface area (Å²) in [6.45, 7) is 6.29. The minimum absolute atomic E-state index is 0.201. The van der Waals surface area contributed by atoms with E-state index in [1.165, 1.54) is 22.3 Å². The van der Waals surface area contributed by atoms with Gasteiger partial charge in [0.2, 0.25) is 0 Å². The fourth-order valence-electron chi connectivity index (χ4n) is 2.20. The van der Waals surface area contributed by atoms with Gasteiger partial charge in [0.05, 0.1) is 12.3 Å². The fraction of sp³-hybridized carbons (Fsp3) is 0.333. The molecule has 0 saturated carbocycles. The van der Waals surface area contributed by atoms with Gasteiger partial charge in [-0.2, -0.15) is 0 Å². The summed E-state index contributed by atoms with van der Waals surface area (Å²) in [5.41, 5.74) is 5.15. The highest BCUT2D eigenvalue weighted by molar-refractivity contribution is 5.40. The third-order valence-electron chi connectivity index (χ3n) is 3.33. The molecule has 2 nitrogen and oxygen atoms in total. The summed E-state index contributed by atoms with van der Waals surface area (Å²) < 4.78 is 5.40. The first-order valence-corrected chi connectivity index (χ1v) is 5.92. The average molecular weight is 229 g/mol. The highest BCUT2D eigenvalue weighted by atomic mass is 16.3. The van der Waals surface area contributed by atoms with Crippen molar-refractivity contribution in [2.45, 2.75) is 26.8 Å². The molecule has 0 spiro atoms. The van der Waals surface area contributed by atoms with E-state index in [2.05, 4.69) is 43.4 Å². The summed E-state index contributed by atoms with van der Waals surface area (Å²) in [4.78, 5) is 0. The van der Waals surface area contributed by atoms with Crippen LogP contribution in [0.1, 0.15) is 34.1 Å². The number of hydrogen-bond acceptors (Lipinski definition) is 2. The van der Waals surface area contributed by atoms with E-state index in [1.807, 2.05) is 20.2 Å². The summed E-state index contributed by atoms with van der Waals surface area (Å²) in [6.07, 6.45) is 1.83. The Labute approximate surface area is 103 Å². The highest BCUT2D eigenvalue weighted by Gasteiger charge is 2.16. The largest absolute Gasteiger partial charge is 0.469 e. The van der Waals surface area contributed by atoms with Crippen molar-refractivity contribution >= 4 is 0 Å². The molecule has 2 heteroatoms. The minimum atomic E-state index is 0.201. The van der Waals surface area contributed by atoms with Gasteiger partial charge in [0, 0.05) is 5.56 Å². The molecule has 0 aliphatic rings. The second kappa shape index (κ2) is 4.76. The van der Waals surface area contributed by atoms with E-state index in [9.17, 15) is 0 Å². The zero-order chi connectivity index (χ0) is 12.4.